The maximum atomic E-state index is 13.3. The van der Waals surface area contributed by atoms with E-state index in [1.54, 1.807) is 19.1 Å². The van der Waals surface area contributed by atoms with Crippen molar-refractivity contribution in [1.82, 2.24) is 4.57 Å². The van der Waals surface area contributed by atoms with E-state index in [0.717, 1.165) is 0 Å². The van der Waals surface area contributed by atoms with Gasteiger partial charge in [-0.05, 0) is 54.8 Å². The predicted octanol–water partition coefficient (Wildman–Crippen LogP) is 5.65. The first-order chi connectivity index (χ1) is 14.2. The fourth-order valence-electron chi connectivity index (χ4n) is 3.86. The van der Waals surface area contributed by atoms with Gasteiger partial charge in [0.2, 0.25) is 0 Å². The number of benzene rings is 2. The molecule has 2 aromatic carbocycles. The quantitative estimate of drug-likeness (QED) is 0.547. The molecule has 1 aromatic heterocycles. The number of nitrogens with zero attached hydrogens (tertiary/aromatic N) is 1. The van der Waals surface area contributed by atoms with Crippen molar-refractivity contribution >= 4 is 34.4 Å². The number of methoxy groups -OCH3 is 1. The summed E-state index contributed by atoms with van der Waals surface area (Å²) in [7, 11) is 1.48. The van der Waals surface area contributed by atoms with Crippen molar-refractivity contribution in [3.05, 3.63) is 64.1 Å². The lowest BCUT2D eigenvalue weighted by atomic mass is 9.84. The zero-order valence-electron chi connectivity index (χ0n) is 17.2. The van der Waals surface area contributed by atoms with Crippen LogP contribution in [0.25, 0.3) is 10.9 Å². The van der Waals surface area contributed by atoms with Crippen molar-refractivity contribution in [2.75, 3.05) is 7.11 Å². The molecule has 0 saturated heterocycles. The summed E-state index contributed by atoms with van der Waals surface area (Å²) in [6.45, 7) is 5.52. The van der Waals surface area contributed by atoms with E-state index in [1.807, 2.05) is 13.8 Å². The average Bonchev–Trinajstić information content (AvgIpc) is 2.98. The Balaban J connectivity index is 2.36. The highest BCUT2D eigenvalue weighted by Gasteiger charge is 2.33. The summed E-state index contributed by atoms with van der Waals surface area (Å²) in [5.41, 5.74) is 1.83. The summed E-state index contributed by atoms with van der Waals surface area (Å²) in [4.78, 5) is 25.5. The summed E-state index contributed by atoms with van der Waals surface area (Å²) < 4.78 is 20.1. The Morgan fingerprint density at radius 2 is 1.87 bits per heavy atom. The number of rotatable bonds is 6. The highest BCUT2D eigenvalue weighted by Crippen LogP contribution is 2.41. The van der Waals surface area contributed by atoms with Gasteiger partial charge in [-0.3, -0.25) is 14.2 Å². The number of carboxylic acids is 1. The van der Waals surface area contributed by atoms with Crippen molar-refractivity contribution in [2.45, 2.75) is 33.1 Å². The van der Waals surface area contributed by atoms with Crippen molar-refractivity contribution in [1.29, 1.82) is 0 Å². The summed E-state index contributed by atoms with van der Waals surface area (Å²) in [5.74, 6) is -2.39. The molecule has 7 heteroatoms. The van der Waals surface area contributed by atoms with Crippen molar-refractivity contribution < 1.29 is 23.8 Å². The lowest BCUT2D eigenvalue weighted by molar-refractivity contribution is -0.140. The molecule has 0 radical (unpaired) electrons. The van der Waals surface area contributed by atoms with E-state index < -0.39 is 23.6 Å². The Bertz CT molecular complexity index is 1120. The average molecular weight is 432 g/mol. The highest BCUT2D eigenvalue weighted by molar-refractivity contribution is 6.33. The van der Waals surface area contributed by atoms with Crippen LogP contribution in [0.3, 0.4) is 0 Å². The van der Waals surface area contributed by atoms with Gasteiger partial charge in [-0.2, -0.15) is 0 Å². The number of halogens is 2. The van der Waals surface area contributed by atoms with Crippen LogP contribution in [0.2, 0.25) is 5.02 Å². The molecular weight excluding hydrogens is 409 g/mol. The lowest BCUT2D eigenvalue weighted by Crippen LogP contribution is -2.21. The van der Waals surface area contributed by atoms with E-state index >= 15 is 0 Å². The van der Waals surface area contributed by atoms with Crippen molar-refractivity contribution in [3.8, 4) is 5.75 Å². The van der Waals surface area contributed by atoms with E-state index in [0.29, 0.717) is 39.4 Å². The van der Waals surface area contributed by atoms with Crippen LogP contribution in [0.5, 0.6) is 5.75 Å². The third kappa shape index (κ3) is 3.67. The highest BCUT2D eigenvalue weighted by atomic mass is 35.5. The first-order valence-electron chi connectivity index (χ1n) is 9.62. The van der Waals surface area contributed by atoms with Crippen molar-refractivity contribution in [3.63, 3.8) is 0 Å². The zero-order valence-corrected chi connectivity index (χ0v) is 18.0. The number of aromatic nitrogens is 1. The molecule has 2 unspecified atom stereocenters. The number of carbonyl (C=O) groups is 2. The largest absolute Gasteiger partial charge is 0.495 e. The van der Waals surface area contributed by atoms with Crippen LogP contribution in [0.1, 0.15) is 47.8 Å². The van der Waals surface area contributed by atoms with Gasteiger partial charge in [0.05, 0.1) is 23.6 Å². The zero-order chi connectivity index (χ0) is 22.2. The normalized spacial score (nSPS) is 13.3. The third-order valence-corrected chi connectivity index (χ3v) is 5.91. The first-order valence-corrected chi connectivity index (χ1v) is 10.0. The van der Waals surface area contributed by atoms with Crippen LogP contribution >= 0.6 is 11.6 Å². The number of fused-ring (bicyclic) bond motifs is 1. The Labute approximate surface area is 179 Å². The van der Waals surface area contributed by atoms with Gasteiger partial charge in [-0.15, -0.1) is 0 Å². The second-order valence-corrected chi connectivity index (χ2v) is 7.76. The molecule has 0 bridgehead atoms. The van der Waals surface area contributed by atoms with E-state index in [-0.39, 0.29) is 11.5 Å². The van der Waals surface area contributed by atoms with Crippen LogP contribution in [0, 0.1) is 18.7 Å². The molecular formula is C23H23ClFNO4. The maximum absolute atomic E-state index is 13.3. The van der Waals surface area contributed by atoms with Crippen LogP contribution in [0.4, 0.5) is 4.39 Å². The topological polar surface area (TPSA) is 68.5 Å². The smallest absolute Gasteiger partial charge is 0.311 e. The molecule has 2 atom stereocenters. The molecule has 0 spiro atoms. The van der Waals surface area contributed by atoms with Gasteiger partial charge in [0.25, 0.3) is 5.91 Å². The second-order valence-electron chi connectivity index (χ2n) is 7.35. The van der Waals surface area contributed by atoms with E-state index in [4.69, 9.17) is 16.3 Å². The second kappa shape index (κ2) is 8.48. The van der Waals surface area contributed by atoms with Crippen LogP contribution in [-0.2, 0) is 4.79 Å². The maximum Gasteiger partial charge on any atom is 0.311 e. The molecule has 0 saturated carbocycles. The van der Waals surface area contributed by atoms with Gasteiger partial charge in [0, 0.05) is 16.6 Å². The third-order valence-electron chi connectivity index (χ3n) is 5.61. The molecule has 0 aliphatic heterocycles. The van der Waals surface area contributed by atoms with Crippen LogP contribution in [-0.4, -0.2) is 28.7 Å². The lowest BCUT2D eigenvalue weighted by Gasteiger charge is -2.20. The fourth-order valence-corrected chi connectivity index (χ4v) is 4.09. The number of hydrogen-bond acceptors (Lipinski definition) is 3. The number of hydrogen-bond donors (Lipinski definition) is 1. The fraction of sp³-hybridized carbons (Fsp3) is 0.304. The molecule has 0 fully saturated rings. The summed E-state index contributed by atoms with van der Waals surface area (Å²) >= 11 is 6.32. The number of carbonyl (C=O) groups excluding carboxylic acids is 1. The van der Waals surface area contributed by atoms with Gasteiger partial charge in [0.1, 0.15) is 11.6 Å². The Hall–Kier alpha value is -2.86. The minimum absolute atomic E-state index is 0.164. The monoisotopic (exact) mass is 431 g/mol. The van der Waals surface area contributed by atoms with Crippen LogP contribution in [0.15, 0.2) is 36.4 Å². The number of aliphatic carboxylic acids is 1. The molecule has 0 aliphatic carbocycles. The molecule has 3 aromatic rings. The Morgan fingerprint density at radius 3 is 2.40 bits per heavy atom. The molecule has 1 heterocycles. The van der Waals surface area contributed by atoms with Gasteiger partial charge >= 0.3 is 5.97 Å². The predicted molar refractivity (Wildman–Crippen MR) is 114 cm³/mol. The van der Waals surface area contributed by atoms with Gasteiger partial charge in [-0.1, -0.05) is 31.9 Å². The molecule has 0 amide bonds. The summed E-state index contributed by atoms with van der Waals surface area (Å²) in [6, 6.07) is 8.50. The standard InChI is InChI=1S/C23H23ClFNO4/c1-5-12(2)20(23(28)29)21-13(3)26(22(27)14-6-8-15(25)9-7-14)18-11-17(24)19(30-4)10-16(18)21/h6-12,20H,5H2,1-4H3,(H,28,29). The molecule has 158 valence electrons. The molecule has 30 heavy (non-hydrogen) atoms. The van der Waals surface area contributed by atoms with E-state index in [2.05, 4.69) is 0 Å². The van der Waals surface area contributed by atoms with Crippen LogP contribution < -0.4 is 4.74 Å². The molecule has 3 rings (SSSR count). The first kappa shape index (κ1) is 21.8. The Kier molecular flexibility index (Phi) is 6.17. The molecule has 0 aliphatic rings. The molecule has 5 nitrogen and oxygen atoms in total. The van der Waals surface area contributed by atoms with E-state index in [9.17, 15) is 19.1 Å². The van der Waals surface area contributed by atoms with Gasteiger partial charge in [-0.25, -0.2) is 4.39 Å². The van der Waals surface area contributed by atoms with Crippen molar-refractivity contribution in [2.24, 2.45) is 5.92 Å². The Morgan fingerprint density at radius 1 is 1.23 bits per heavy atom. The minimum Gasteiger partial charge on any atom is -0.495 e. The van der Waals surface area contributed by atoms with Gasteiger partial charge in [0.15, 0.2) is 0 Å². The van der Waals surface area contributed by atoms with E-state index in [1.165, 1.54) is 35.9 Å². The van der Waals surface area contributed by atoms with Gasteiger partial charge < -0.3 is 9.84 Å². The molecule has 1 N–H and O–H groups in total. The SMILES string of the molecule is CCC(C)C(C(=O)O)c1c(C)n(C(=O)c2ccc(F)cc2)c2cc(Cl)c(OC)cc12. The number of ether oxygens (including phenoxy) is 1. The summed E-state index contributed by atoms with van der Waals surface area (Å²) in [5, 5.41) is 10.9. The number of carboxylic acid groups (broad SMARTS) is 1. The summed E-state index contributed by atoms with van der Waals surface area (Å²) in [6.07, 6.45) is 0.652. The minimum atomic E-state index is -0.963.